The average molecular weight is 259 g/mol. The summed E-state index contributed by atoms with van der Waals surface area (Å²) < 4.78 is 1.15. The minimum Gasteiger partial charge on any atom is -0.395 e. The summed E-state index contributed by atoms with van der Waals surface area (Å²) >= 11 is 1.28. The third-order valence-corrected chi connectivity index (χ3v) is 4.19. The molecule has 17 heavy (non-hydrogen) atoms. The fourth-order valence-corrected chi connectivity index (χ4v) is 3.07. The standard InChI is InChI=1S/C9H13N3O4S/c1-4-8(15)10-9(16)12(11-4)7-2-5(14)6(3-13)17-7/h5-7,13-14H,2-3H2,1H3,(H,10,15,16)/t5-,6+,7-/m0/s1. The van der Waals surface area contributed by atoms with Crippen LogP contribution < -0.4 is 11.2 Å². The van der Waals surface area contributed by atoms with Crippen LogP contribution in [0.5, 0.6) is 0 Å². The van der Waals surface area contributed by atoms with Gasteiger partial charge in [0.25, 0.3) is 5.56 Å². The van der Waals surface area contributed by atoms with E-state index in [4.69, 9.17) is 5.11 Å². The maximum Gasteiger partial charge on any atom is 0.345 e. The van der Waals surface area contributed by atoms with Crippen LogP contribution in [0.3, 0.4) is 0 Å². The van der Waals surface area contributed by atoms with Crippen LogP contribution in [0.25, 0.3) is 0 Å². The normalized spacial score (nSPS) is 28.5. The lowest BCUT2D eigenvalue weighted by molar-refractivity contribution is 0.136. The fourth-order valence-electron chi connectivity index (χ4n) is 1.72. The van der Waals surface area contributed by atoms with E-state index >= 15 is 0 Å². The lowest BCUT2D eigenvalue weighted by Gasteiger charge is -2.11. The highest BCUT2D eigenvalue weighted by Crippen LogP contribution is 2.39. The Bertz CT molecular complexity index is 526. The van der Waals surface area contributed by atoms with E-state index in [9.17, 15) is 14.7 Å². The second kappa shape index (κ2) is 4.63. The smallest absolute Gasteiger partial charge is 0.345 e. The molecule has 7 nitrogen and oxygen atoms in total. The van der Waals surface area contributed by atoms with Crippen LogP contribution in [0.1, 0.15) is 17.5 Å². The monoisotopic (exact) mass is 259 g/mol. The lowest BCUT2D eigenvalue weighted by atomic mass is 10.2. The topological polar surface area (TPSA) is 108 Å². The predicted molar refractivity (Wildman–Crippen MR) is 62.0 cm³/mol. The van der Waals surface area contributed by atoms with Gasteiger partial charge in [-0.3, -0.25) is 9.78 Å². The molecule has 0 saturated carbocycles. The number of nitrogens with one attached hydrogen (secondary N) is 1. The first kappa shape index (κ1) is 12.3. The van der Waals surface area contributed by atoms with Crippen LogP contribution in [-0.2, 0) is 0 Å². The molecule has 2 rings (SSSR count). The number of aryl methyl sites for hydroxylation is 1. The maximum atomic E-state index is 11.6. The molecule has 1 aromatic heterocycles. The minimum absolute atomic E-state index is 0.153. The van der Waals surface area contributed by atoms with Gasteiger partial charge in [0.2, 0.25) is 0 Å². The molecule has 1 aliphatic rings. The van der Waals surface area contributed by atoms with Gasteiger partial charge >= 0.3 is 5.69 Å². The zero-order valence-corrected chi connectivity index (χ0v) is 9.98. The quantitative estimate of drug-likeness (QED) is 0.602. The summed E-state index contributed by atoms with van der Waals surface area (Å²) in [5, 5.41) is 21.9. The number of aromatic nitrogens is 3. The molecular formula is C9H13N3O4S. The maximum absolute atomic E-state index is 11.6. The molecule has 3 N–H and O–H groups in total. The first-order valence-corrected chi connectivity index (χ1v) is 6.11. The van der Waals surface area contributed by atoms with Crippen molar-refractivity contribution < 1.29 is 10.2 Å². The highest BCUT2D eigenvalue weighted by atomic mass is 32.2. The van der Waals surface area contributed by atoms with Crippen molar-refractivity contribution in [1.82, 2.24) is 14.8 Å². The van der Waals surface area contributed by atoms with Crippen molar-refractivity contribution in [3.8, 4) is 0 Å². The van der Waals surface area contributed by atoms with Crippen LogP contribution in [-0.4, -0.2) is 42.9 Å². The van der Waals surface area contributed by atoms with Crippen molar-refractivity contribution in [2.45, 2.75) is 30.1 Å². The summed E-state index contributed by atoms with van der Waals surface area (Å²) in [6.45, 7) is 1.35. The largest absolute Gasteiger partial charge is 0.395 e. The molecule has 1 aliphatic heterocycles. The number of aliphatic hydroxyl groups is 2. The van der Waals surface area contributed by atoms with E-state index in [2.05, 4.69) is 10.1 Å². The van der Waals surface area contributed by atoms with E-state index in [1.54, 1.807) is 0 Å². The third kappa shape index (κ3) is 2.28. The van der Waals surface area contributed by atoms with Gasteiger partial charge in [-0.2, -0.15) is 5.10 Å². The summed E-state index contributed by atoms with van der Waals surface area (Å²) in [7, 11) is 0. The van der Waals surface area contributed by atoms with E-state index in [0.717, 1.165) is 4.68 Å². The Balaban J connectivity index is 2.34. The van der Waals surface area contributed by atoms with Crippen molar-refractivity contribution in [3.05, 3.63) is 26.5 Å². The predicted octanol–water partition coefficient (Wildman–Crippen LogP) is -1.40. The van der Waals surface area contributed by atoms with Crippen LogP contribution >= 0.6 is 11.8 Å². The zero-order valence-electron chi connectivity index (χ0n) is 9.16. The van der Waals surface area contributed by atoms with Crippen LogP contribution in [0.2, 0.25) is 0 Å². The molecule has 0 radical (unpaired) electrons. The third-order valence-electron chi connectivity index (χ3n) is 2.67. The molecule has 94 valence electrons. The lowest BCUT2D eigenvalue weighted by Crippen LogP contribution is -2.35. The van der Waals surface area contributed by atoms with Gasteiger partial charge < -0.3 is 10.2 Å². The highest BCUT2D eigenvalue weighted by Gasteiger charge is 2.35. The number of H-pyrrole nitrogens is 1. The van der Waals surface area contributed by atoms with Crippen molar-refractivity contribution in [2.24, 2.45) is 0 Å². The van der Waals surface area contributed by atoms with Crippen molar-refractivity contribution in [3.63, 3.8) is 0 Å². The van der Waals surface area contributed by atoms with Gasteiger partial charge in [0.15, 0.2) is 0 Å². The van der Waals surface area contributed by atoms with E-state index < -0.39 is 17.4 Å². The molecule has 0 aliphatic carbocycles. The number of hydrogen-bond acceptors (Lipinski definition) is 6. The summed E-state index contributed by atoms with van der Waals surface area (Å²) in [6, 6.07) is 0. The molecule has 0 aromatic carbocycles. The first-order valence-electron chi connectivity index (χ1n) is 5.17. The van der Waals surface area contributed by atoms with Crippen molar-refractivity contribution in [1.29, 1.82) is 0 Å². The van der Waals surface area contributed by atoms with Gasteiger partial charge in [-0.05, 0) is 6.92 Å². The van der Waals surface area contributed by atoms with Crippen LogP contribution in [0.4, 0.5) is 0 Å². The van der Waals surface area contributed by atoms with E-state index in [0.29, 0.717) is 6.42 Å². The van der Waals surface area contributed by atoms with Gasteiger partial charge in [0.05, 0.1) is 18.0 Å². The molecule has 1 saturated heterocycles. The molecule has 0 unspecified atom stereocenters. The second-order valence-electron chi connectivity index (χ2n) is 3.90. The van der Waals surface area contributed by atoms with Crippen molar-refractivity contribution in [2.75, 3.05) is 6.61 Å². The Labute approximate surface area is 100 Å². The van der Waals surface area contributed by atoms with Gasteiger partial charge in [0.1, 0.15) is 11.1 Å². The molecule has 3 atom stereocenters. The Morgan fingerprint density at radius 2 is 2.29 bits per heavy atom. The Hall–Kier alpha value is -1.12. The molecule has 2 heterocycles. The SMILES string of the molecule is Cc1nn([C@@H]2C[C@H](O)[C@@H](CO)S2)c(=O)[nH]c1=O. The van der Waals surface area contributed by atoms with Crippen molar-refractivity contribution >= 4 is 11.8 Å². The van der Waals surface area contributed by atoms with Gasteiger partial charge in [-0.15, -0.1) is 11.8 Å². The fraction of sp³-hybridized carbons (Fsp3) is 0.667. The zero-order chi connectivity index (χ0) is 12.6. The first-order chi connectivity index (χ1) is 8.02. The van der Waals surface area contributed by atoms with Crippen LogP contribution in [0, 0.1) is 6.92 Å². The van der Waals surface area contributed by atoms with Gasteiger partial charge in [-0.1, -0.05) is 0 Å². The number of nitrogens with zero attached hydrogens (tertiary/aromatic N) is 2. The second-order valence-corrected chi connectivity index (χ2v) is 5.33. The summed E-state index contributed by atoms with van der Waals surface area (Å²) in [5.74, 6) is 0. The number of rotatable bonds is 2. The summed E-state index contributed by atoms with van der Waals surface area (Å²) in [5.41, 5.74) is -0.899. The highest BCUT2D eigenvalue weighted by molar-refractivity contribution is 8.00. The van der Waals surface area contributed by atoms with E-state index in [1.807, 2.05) is 0 Å². The molecule has 0 spiro atoms. The number of thioether (sulfide) groups is 1. The number of aromatic amines is 1. The molecular weight excluding hydrogens is 246 g/mol. The molecule has 0 bridgehead atoms. The Morgan fingerprint density at radius 1 is 1.59 bits per heavy atom. The summed E-state index contributed by atoms with van der Waals surface area (Å²) in [6.07, 6.45) is -0.343. The Kier molecular flexibility index (Phi) is 3.36. The Morgan fingerprint density at radius 3 is 2.88 bits per heavy atom. The van der Waals surface area contributed by atoms with E-state index in [1.165, 1.54) is 18.7 Å². The molecule has 0 amide bonds. The van der Waals surface area contributed by atoms with Gasteiger partial charge in [-0.25, -0.2) is 9.48 Å². The summed E-state index contributed by atoms with van der Waals surface area (Å²) in [4.78, 5) is 24.9. The van der Waals surface area contributed by atoms with Crippen LogP contribution in [0.15, 0.2) is 9.59 Å². The average Bonchev–Trinajstić information content (AvgIpc) is 2.65. The minimum atomic E-state index is -0.670. The van der Waals surface area contributed by atoms with E-state index in [-0.39, 0.29) is 22.9 Å². The molecule has 1 fully saturated rings. The molecule has 8 heteroatoms. The number of aliphatic hydroxyl groups excluding tert-OH is 2. The van der Waals surface area contributed by atoms with Gasteiger partial charge in [0, 0.05) is 6.42 Å². The number of hydrogen-bond donors (Lipinski definition) is 3. The molecule has 1 aromatic rings.